The maximum atomic E-state index is 4.43. The summed E-state index contributed by atoms with van der Waals surface area (Å²) in [4.78, 5) is 11.0. The number of rotatable bonds is 5. The molecule has 0 radical (unpaired) electrons. The molecule has 2 aromatic rings. The highest BCUT2D eigenvalue weighted by atomic mass is 15.2. The highest BCUT2D eigenvalue weighted by Crippen LogP contribution is 2.21. The number of hydrogen-bond donors (Lipinski definition) is 1. The van der Waals surface area contributed by atoms with Crippen molar-refractivity contribution in [3.63, 3.8) is 0 Å². The Bertz CT molecular complexity index is 491. The first-order valence-corrected chi connectivity index (χ1v) is 5.86. The van der Waals surface area contributed by atoms with Gasteiger partial charge in [0.15, 0.2) is 5.82 Å². The number of aromatic nitrogens is 3. The number of hydrogen-bond acceptors (Lipinski definition) is 4. The Kier molecular flexibility index (Phi) is 3.58. The van der Waals surface area contributed by atoms with Crippen molar-refractivity contribution in [2.45, 2.75) is 6.42 Å². The molecule has 0 spiro atoms. The van der Waals surface area contributed by atoms with E-state index in [0.717, 1.165) is 36.4 Å². The molecule has 0 aliphatic rings. The molecule has 0 saturated heterocycles. The van der Waals surface area contributed by atoms with E-state index in [9.17, 15) is 0 Å². The predicted octanol–water partition coefficient (Wildman–Crippen LogP) is 1.01. The number of imidazole rings is 1. The van der Waals surface area contributed by atoms with E-state index in [1.807, 2.05) is 37.3 Å². The lowest BCUT2D eigenvalue weighted by molar-refractivity contribution is 0.710. The minimum absolute atomic E-state index is 0.958. The van der Waals surface area contributed by atoms with Crippen LogP contribution in [0.15, 0.2) is 18.6 Å². The molecule has 0 aliphatic heterocycles. The van der Waals surface area contributed by atoms with Gasteiger partial charge in [-0.05, 0) is 26.1 Å². The van der Waals surface area contributed by atoms with Crippen LogP contribution in [0.25, 0.3) is 11.0 Å². The summed E-state index contributed by atoms with van der Waals surface area (Å²) in [5.41, 5.74) is 2.09. The normalized spacial score (nSPS) is 11.0. The van der Waals surface area contributed by atoms with Gasteiger partial charge in [-0.15, -0.1) is 0 Å². The lowest BCUT2D eigenvalue weighted by Crippen LogP contribution is -2.23. The third kappa shape index (κ3) is 2.39. The monoisotopic (exact) mass is 233 g/mol. The van der Waals surface area contributed by atoms with Crippen LogP contribution in [-0.2, 0) is 7.05 Å². The minimum Gasteiger partial charge on any atom is -0.358 e. The zero-order chi connectivity index (χ0) is 12.3. The van der Waals surface area contributed by atoms with Gasteiger partial charge in [-0.25, -0.2) is 9.97 Å². The fourth-order valence-electron chi connectivity index (χ4n) is 1.93. The molecule has 92 valence electrons. The zero-order valence-electron chi connectivity index (χ0n) is 10.6. The van der Waals surface area contributed by atoms with Gasteiger partial charge in [-0.1, -0.05) is 0 Å². The zero-order valence-corrected chi connectivity index (χ0v) is 10.6. The molecule has 0 fully saturated rings. The summed E-state index contributed by atoms with van der Waals surface area (Å²) in [5, 5.41) is 3.15. The highest BCUT2D eigenvalue weighted by Gasteiger charge is 2.10. The second-order valence-electron chi connectivity index (χ2n) is 4.24. The van der Waals surface area contributed by atoms with Crippen molar-refractivity contribution in [1.82, 2.24) is 19.9 Å². The molecular weight excluding hydrogens is 214 g/mol. The van der Waals surface area contributed by atoms with E-state index in [0.29, 0.717) is 0 Å². The van der Waals surface area contributed by atoms with Gasteiger partial charge in [0, 0.05) is 26.8 Å². The van der Waals surface area contributed by atoms with Crippen molar-refractivity contribution < 1.29 is 0 Å². The molecule has 1 N–H and O–H groups in total. The van der Waals surface area contributed by atoms with E-state index in [2.05, 4.69) is 27.2 Å². The fourth-order valence-corrected chi connectivity index (χ4v) is 1.93. The Balaban J connectivity index is 2.22. The Hall–Kier alpha value is -1.62. The highest BCUT2D eigenvalue weighted by molar-refractivity contribution is 5.86. The van der Waals surface area contributed by atoms with Crippen LogP contribution in [-0.4, -0.2) is 41.7 Å². The molecule has 0 aromatic carbocycles. The van der Waals surface area contributed by atoms with Crippen LogP contribution in [0.1, 0.15) is 6.42 Å². The van der Waals surface area contributed by atoms with Gasteiger partial charge in [0.2, 0.25) is 0 Å². The number of pyridine rings is 1. The first kappa shape index (κ1) is 11.9. The summed E-state index contributed by atoms with van der Waals surface area (Å²) in [7, 11) is 6.03. The molecule has 5 nitrogen and oxygen atoms in total. The predicted molar refractivity (Wildman–Crippen MR) is 70.3 cm³/mol. The molecule has 2 aromatic heterocycles. The third-order valence-corrected chi connectivity index (χ3v) is 2.91. The lowest BCUT2D eigenvalue weighted by atomic mass is 10.3. The molecule has 0 unspecified atom stereocenters. The summed E-state index contributed by atoms with van der Waals surface area (Å²) in [6, 6.07) is 1.99. The van der Waals surface area contributed by atoms with Crippen LogP contribution in [0.4, 0.5) is 5.82 Å². The fraction of sp³-hybridized carbons (Fsp3) is 0.500. The maximum absolute atomic E-state index is 4.43. The van der Waals surface area contributed by atoms with Crippen molar-refractivity contribution >= 4 is 16.9 Å². The van der Waals surface area contributed by atoms with E-state index >= 15 is 0 Å². The molecule has 0 saturated carbocycles. The summed E-state index contributed by atoms with van der Waals surface area (Å²) in [5.74, 6) is 0.958. The molecule has 2 rings (SSSR count). The van der Waals surface area contributed by atoms with Crippen LogP contribution in [0.2, 0.25) is 0 Å². The first-order valence-electron chi connectivity index (χ1n) is 5.86. The molecule has 0 aliphatic carbocycles. The van der Waals surface area contributed by atoms with E-state index < -0.39 is 0 Å². The number of anilines is 1. The minimum atomic E-state index is 0.958. The van der Waals surface area contributed by atoms with Crippen LogP contribution in [0, 0.1) is 0 Å². The SMILES string of the molecule is CNCCCN(C)c1nccc2c1ncn2C. The Morgan fingerprint density at radius 2 is 2.24 bits per heavy atom. The molecule has 0 amide bonds. The summed E-state index contributed by atoms with van der Waals surface area (Å²) in [6.07, 6.45) is 4.77. The lowest BCUT2D eigenvalue weighted by Gasteiger charge is -2.18. The number of aryl methyl sites for hydroxylation is 1. The third-order valence-electron chi connectivity index (χ3n) is 2.91. The van der Waals surface area contributed by atoms with Gasteiger partial charge in [-0.3, -0.25) is 0 Å². The van der Waals surface area contributed by atoms with E-state index in [-0.39, 0.29) is 0 Å². The molecule has 5 heteroatoms. The smallest absolute Gasteiger partial charge is 0.156 e. The number of nitrogens with zero attached hydrogens (tertiary/aromatic N) is 4. The topological polar surface area (TPSA) is 46.0 Å². The maximum Gasteiger partial charge on any atom is 0.156 e. The van der Waals surface area contributed by atoms with Crippen LogP contribution in [0.5, 0.6) is 0 Å². The second kappa shape index (κ2) is 5.14. The van der Waals surface area contributed by atoms with Gasteiger partial charge in [-0.2, -0.15) is 0 Å². The quantitative estimate of drug-likeness (QED) is 0.783. The van der Waals surface area contributed by atoms with Crippen molar-refractivity contribution in [2.24, 2.45) is 7.05 Å². The van der Waals surface area contributed by atoms with E-state index in [4.69, 9.17) is 0 Å². The molecule has 0 atom stereocenters. The molecule has 0 bridgehead atoms. The average molecular weight is 233 g/mol. The summed E-state index contributed by atoms with van der Waals surface area (Å²) in [6.45, 7) is 1.99. The van der Waals surface area contributed by atoms with Gasteiger partial charge in [0.05, 0.1) is 11.8 Å². The Morgan fingerprint density at radius 1 is 1.41 bits per heavy atom. The number of nitrogens with one attached hydrogen (secondary N) is 1. The summed E-state index contributed by atoms with van der Waals surface area (Å²) < 4.78 is 2.02. The largest absolute Gasteiger partial charge is 0.358 e. The van der Waals surface area contributed by atoms with Crippen molar-refractivity contribution in [3.05, 3.63) is 18.6 Å². The van der Waals surface area contributed by atoms with Gasteiger partial charge in [0.25, 0.3) is 0 Å². The van der Waals surface area contributed by atoms with Crippen LogP contribution in [0.3, 0.4) is 0 Å². The first-order chi connectivity index (χ1) is 8.24. The van der Waals surface area contributed by atoms with Crippen LogP contribution < -0.4 is 10.2 Å². The standard InChI is InChI=1S/C12H19N5/c1-13-6-4-8-16(2)12-11-10(5-7-14-12)17(3)9-15-11/h5,7,9,13H,4,6,8H2,1-3H3. The number of fused-ring (bicyclic) bond motifs is 1. The Labute approximate surface area is 101 Å². The Morgan fingerprint density at radius 3 is 3.00 bits per heavy atom. The average Bonchev–Trinajstić information content (AvgIpc) is 2.71. The van der Waals surface area contributed by atoms with Gasteiger partial charge >= 0.3 is 0 Å². The van der Waals surface area contributed by atoms with E-state index in [1.165, 1.54) is 0 Å². The molecule has 17 heavy (non-hydrogen) atoms. The van der Waals surface area contributed by atoms with Crippen molar-refractivity contribution in [2.75, 3.05) is 32.1 Å². The van der Waals surface area contributed by atoms with E-state index in [1.54, 1.807) is 0 Å². The molecular formula is C12H19N5. The summed E-state index contributed by atoms with van der Waals surface area (Å²) >= 11 is 0. The van der Waals surface area contributed by atoms with Gasteiger partial charge < -0.3 is 14.8 Å². The second-order valence-corrected chi connectivity index (χ2v) is 4.24. The van der Waals surface area contributed by atoms with Crippen molar-refractivity contribution in [3.8, 4) is 0 Å². The van der Waals surface area contributed by atoms with Crippen LogP contribution >= 0.6 is 0 Å². The molecule has 2 heterocycles. The van der Waals surface area contributed by atoms with Crippen molar-refractivity contribution in [1.29, 1.82) is 0 Å². The van der Waals surface area contributed by atoms with Gasteiger partial charge in [0.1, 0.15) is 5.52 Å².